The second-order valence-corrected chi connectivity index (χ2v) is 9.63. The SMILES string of the molecule is N#Cc1ccc(OCCO)c([C@H]2NC(=O)C[C@@H](c3cccc(Cl)c3)[C@]23C(=O)Nc2cc(Cl)ccc23)c1. The lowest BCUT2D eigenvalue weighted by atomic mass is 9.59. The molecule has 3 aromatic rings. The molecule has 3 N–H and O–H groups in total. The number of carbonyl (C=O) groups excluding carboxylic acids is 2. The fourth-order valence-corrected chi connectivity index (χ4v) is 5.77. The van der Waals surface area contributed by atoms with Crippen molar-refractivity contribution in [1.82, 2.24) is 5.32 Å². The number of benzene rings is 3. The van der Waals surface area contributed by atoms with E-state index >= 15 is 0 Å². The summed E-state index contributed by atoms with van der Waals surface area (Å²) in [5.74, 6) is -0.810. The topological polar surface area (TPSA) is 111 Å². The first-order chi connectivity index (χ1) is 17.4. The van der Waals surface area contributed by atoms with Crippen molar-refractivity contribution in [2.24, 2.45) is 0 Å². The van der Waals surface area contributed by atoms with E-state index in [-0.39, 0.29) is 31.4 Å². The molecule has 36 heavy (non-hydrogen) atoms. The van der Waals surface area contributed by atoms with Gasteiger partial charge in [-0.2, -0.15) is 5.26 Å². The van der Waals surface area contributed by atoms with Gasteiger partial charge in [0.05, 0.1) is 24.3 Å². The number of piperidine rings is 1. The summed E-state index contributed by atoms with van der Waals surface area (Å²) in [6.45, 7) is -0.225. The number of aliphatic hydroxyl groups excluding tert-OH is 1. The smallest absolute Gasteiger partial charge is 0.238 e. The van der Waals surface area contributed by atoms with Gasteiger partial charge in [0.15, 0.2) is 0 Å². The Bertz CT molecular complexity index is 1420. The quantitative estimate of drug-likeness (QED) is 0.458. The Morgan fingerprint density at radius 1 is 1.08 bits per heavy atom. The first-order valence-electron chi connectivity index (χ1n) is 11.3. The first-order valence-corrected chi connectivity index (χ1v) is 12.1. The highest BCUT2D eigenvalue weighted by Gasteiger charge is 2.61. The number of ether oxygens (including phenoxy) is 1. The van der Waals surface area contributed by atoms with Gasteiger partial charge >= 0.3 is 0 Å². The molecule has 2 aliphatic heterocycles. The van der Waals surface area contributed by atoms with Crippen molar-refractivity contribution in [3.05, 3.63) is 93.0 Å². The summed E-state index contributed by atoms with van der Waals surface area (Å²) in [7, 11) is 0. The fraction of sp³-hybridized carbons (Fsp3) is 0.222. The zero-order chi connectivity index (χ0) is 25.4. The van der Waals surface area contributed by atoms with E-state index in [1.807, 2.05) is 6.07 Å². The van der Waals surface area contributed by atoms with Crippen molar-refractivity contribution in [3.63, 3.8) is 0 Å². The summed E-state index contributed by atoms with van der Waals surface area (Å²) in [6.07, 6.45) is 0.0388. The van der Waals surface area contributed by atoms with Crippen LogP contribution >= 0.6 is 23.2 Å². The van der Waals surface area contributed by atoms with Crippen molar-refractivity contribution >= 4 is 40.7 Å². The summed E-state index contributed by atoms with van der Waals surface area (Å²) in [5, 5.41) is 25.9. The molecule has 0 aliphatic carbocycles. The molecule has 182 valence electrons. The first kappa shape index (κ1) is 24.1. The van der Waals surface area contributed by atoms with Gasteiger partial charge in [-0.05, 0) is 53.6 Å². The molecular weight excluding hydrogens is 501 g/mol. The number of amides is 2. The Labute approximate surface area is 217 Å². The Balaban J connectivity index is 1.81. The van der Waals surface area contributed by atoms with Crippen LogP contribution in [0.5, 0.6) is 5.75 Å². The minimum absolute atomic E-state index is 0.00266. The van der Waals surface area contributed by atoms with Crippen LogP contribution < -0.4 is 15.4 Å². The Morgan fingerprint density at radius 2 is 1.89 bits per heavy atom. The van der Waals surface area contributed by atoms with E-state index in [4.69, 9.17) is 27.9 Å². The third kappa shape index (κ3) is 3.88. The molecule has 0 saturated carbocycles. The third-order valence-electron chi connectivity index (χ3n) is 6.80. The van der Waals surface area contributed by atoms with Gasteiger partial charge < -0.3 is 20.5 Å². The molecule has 7 nitrogen and oxygen atoms in total. The zero-order valence-corrected chi connectivity index (χ0v) is 20.4. The van der Waals surface area contributed by atoms with Gasteiger partial charge in [0.25, 0.3) is 0 Å². The molecular formula is C27H21Cl2N3O4. The van der Waals surface area contributed by atoms with E-state index in [9.17, 15) is 20.0 Å². The van der Waals surface area contributed by atoms with Gasteiger partial charge in [-0.1, -0.05) is 41.4 Å². The zero-order valence-electron chi connectivity index (χ0n) is 18.9. The van der Waals surface area contributed by atoms with Crippen LogP contribution in [0, 0.1) is 11.3 Å². The molecule has 0 bridgehead atoms. The number of nitrogens with zero attached hydrogens (tertiary/aromatic N) is 1. The van der Waals surface area contributed by atoms with Crippen molar-refractivity contribution in [2.45, 2.75) is 23.8 Å². The maximum Gasteiger partial charge on any atom is 0.238 e. The van der Waals surface area contributed by atoms with Crippen molar-refractivity contribution in [3.8, 4) is 11.8 Å². The highest BCUT2D eigenvalue weighted by atomic mass is 35.5. The van der Waals surface area contributed by atoms with Crippen LogP contribution in [-0.2, 0) is 15.0 Å². The van der Waals surface area contributed by atoms with Crippen LogP contribution in [0.1, 0.15) is 40.6 Å². The van der Waals surface area contributed by atoms with Crippen molar-refractivity contribution < 1.29 is 19.4 Å². The van der Waals surface area contributed by atoms with E-state index in [1.165, 1.54) is 0 Å². The monoisotopic (exact) mass is 521 g/mol. The molecule has 3 atom stereocenters. The van der Waals surface area contributed by atoms with Gasteiger partial charge in [-0.3, -0.25) is 9.59 Å². The summed E-state index contributed by atoms with van der Waals surface area (Å²) >= 11 is 12.6. The van der Waals surface area contributed by atoms with Gasteiger partial charge in [-0.15, -0.1) is 0 Å². The number of hydrogen-bond donors (Lipinski definition) is 3. The number of nitriles is 1. The summed E-state index contributed by atoms with van der Waals surface area (Å²) in [4.78, 5) is 27.2. The number of carbonyl (C=O) groups is 2. The molecule has 0 aromatic heterocycles. The Hall–Kier alpha value is -3.57. The van der Waals surface area contributed by atoms with Crippen LogP contribution in [0.3, 0.4) is 0 Å². The minimum atomic E-state index is -1.30. The molecule has 2 heterocycles. The second-order valence-electron chi connectivity index (χ2n) is 8.76. The largest absolute Gasteiger partial charge is 0.491 e. The molecule has 2 aliphatic rings. The Morgan fingerprint density at radius 3 is 2.64 bits per heavy atom. The molecule has 3 aromatic carbocycles. The number of fused-ring (bicyclic) bond motifs is 2. The standard InChI is InChI=1S/C27H21Cl2N3O4/c28-17-3-1-2-16(11-17)21-13-24(34)32-25(19-10-15(14-30)4-7-23(19)36-9-8-33)27(21)20-6-5-18(29)12-22(20)31-26(27)35/h1-7,10-12,21,25,33H,8-9,13H2,(H,31,35)(H,32,34)/t21-,25+,27-/m0/s1. The van der Waals surface area contributed by atoms with E-state index in [0.29, 0.717) is 38.2 Å². The molecule has 5 rings (SSSR count). The number of anilines is 1. The molecule has 9 heteroatoms. The van der Waals surface area contributed by atoms with E-state index < -0.39 is 17.4 Å². The van der Waals surface area contributed by atoms with Gasteiger partial charge in [0.2, 0.25) is 11.8 Å². The maximum atomic E-state index is 14.1. The lowest BCUT2D eigenvalue weighted by molar-refractivity contribution is -0.131. The van der Waals surface area contributed by atoms with Gasteiger partial charge in [0, 0.05) is 33.6 Å². The maximum absolute atomic E-state index is 14.1. The molecule has 1 spiro atoms. The summed E-state index contributed by atoms with van der Waals surface area (Å²) < 4.78 is 5.79. The van der Waals surface area contributed by atoms with Crippen LogP contribution in [0.25, 0.3) is 0 Å². The number of nitrogens with one attached hydrogen (secondary N) is 2. The highest BCUT2D eigenvalue weighted by Crippen LogP contribution is 2.58. The lowest BCUT2D eigenvalue weighted by Crippen LogP contribution is -2.57. The molecule has 2 amide bonds. The predicted octanol–water partition coefficient (Wildman–Crippen LogP) is 4.47. The lowest BCUT2D eigenvalue weighted by Gasteiger charge is -2.46. The van der Waals surface area contributed by atoms with Crippen LogP contribution in [-0.4, -0.2) is 30.1 Å². The van der Waals surface area contributed by atoms with Crippen LogP contribution in [0.2, 0.25) is 10.0 Å². The molecule has 0 radical (unpaired) electrons. The molecule has 1 saturated heterocycles. The number of hydrogen-bond acceptors (Lipinski definition) is 5. The van der Waals surface area contributed by atoms with Gasteiger partial charge in [0.1, 0.15) is 17.8 Å². The average Bonchev–Trinajstić information content (AvgIpc) is 3.14. The third-order valence-corrected chi connectivity index (χ3v) is 7.27. The van der Waals surface area contributed by atoms with Crippen LogP contribution in [0.15, 0.2) is 60.7 Å². The minimum Gasteiger partial charge on any atom is -0.491 e. The van der Waals surface area contributed by atoms with Crippen LogP contribution in [0.4, 0.5) is 5.69 Å². The van der Waals surface area contributed by atoms with E-state index in [1.54, 1.807) is 54.6 Å². The normalized spacial score (nSPS) is 22.5. The van der Waals surface area contributed by atoms with Gasteiger partial charge in [-0.25, -0.2) is 0 Å². The second kappa shape index (κ2) is 9.47. The summed E-state index contributed by atoms with van der Waals surface area (Å²) in [5.41, 5.74) is 1.45. The van der Waals surface area contributed by atoms with E-state index in [2.05, 4.69) is 16.7 Å². The number of halogens is 2. The highest BCUT2D eigenvalue weighted by molar-refractivity contribution is 6.31. The predicted molar refractivity (Wildman–Crippen MR) is 135 cm³/mol. The van der Waals surface area contributed by atoms with Crippen molar-refractivity contribution in [1.29, 1.82) is 5.26 Å². The molecule has 0 unspecified atom stereocenters. The van der Waals surface area contributed by atoms with Crippen molar-refractivity contribution in [2.75, 3.05) is 18.5 Å². The summed E-state index contributed by atoms with van der Waals surface area (Å²) in [6, 6.07) is 18.3. The number of aliphatic hydroxyl groups is 1. The fourth-order valence-electron chi connectivity index (χ4n) is 5.40. The van der Waals surface area contributed by atoms with E-state index in [0.717, 1.165) is 5.56 Å². The Kier molecular flexibility index (Phi) is 6.35. The number of rotatable bonds is 5. The molecule has 1 fully saturated rings. The average molecular weight is 522 g/mol.